The third-order valence-corrected chi connectivity index (χ3v) is 6.63. The Kier molecular flexibility index (Phi) is 6.35. The fourth-order valence-corrected chi connectivity index (χ4v) is 4.25. The van der Waals surface area contributed by atoms with Crippen LogP contribution in [0, 0.1) is 0 Å². The van der Waals surface area contributed by atoms with E-state index in [0.717, 1.165) is 36.8 Å². The molecular weight excluding hydrogens is 458 g/mol. The second-order valence-corrected chi connectivity index (χ2v) is 10.8. The van der Waals surface area contributed by atoms with Gasteiger partial charge >= 0.3 is 12.4 Å². The van der Waals surface area contributed by atoms with E-state index in [0.29, 0.717) is 24.3 Å². The van der Waals surface area contributed by atoms with E-state index >= 15 is 0 Å². The molecule has 0 aliphatic heterocycles. The standard InChI is InChI=1S/C18H16F6O4S2/c1-29(25,26)13-7-3-11(4-8-13)15(17(19,20)21)16(18(22,23)24)12-5-9-14(10-6-12)30(2,27)28/h3-10,15-16H,1-2H3. The van der Waals surface area contributed by atoms with Crippen molar-refractivity contribution < 1.29 is 43.2 Å². The molecule has 0 amide bonds. The predicted molar refractivity (Wildman–Crippen MR) is 96.7 cm³/mol. The SMILES string of the molecule is CS(=O)(=O)c1ccc(C(C(c2ccc(S(C)(=O)=O)cc2)C(F)(F)F)C(F)(F)F)cc1. The Bertz CT molecular complexity index is 1010. The minimum atomic E-state index is -5.33. The van der Waals surface area contributed by atoms with Crippen molar-refractivity contribution in [1.82, 2.24) is 0 Å². The van der Waals surface area contributed by atoms with Crippen molar-refractivity contribution in [2.45, 2.75) is 34.0 Å². The van der Waals surface area contributed by atoms with Gasteiger partial charge < -0.3 is 0 Å². The molecule has 0 radical (unpaired) electrons. The summed E-state index contributed by atoms with van der Waals surface area (Å²) in [6, 6.07) is 6.01. The largest absolute Gasteiger partial charge is 0.396 e. The zero-order valence-electron chi connectivity index (χ0n) is 15.5. The van der Waals surface area contributed by atoms with Gasteiger partial charge in [-0.1, -0.05) is 24.3 Å². The molecule has 12 heteroatoms. The number of rotatable bonds is 5. The molecule has 2 aromatic carbocycles. The van der Waals surface area contributed by atoms with E-state index in [1.807, 2.05) is 0 Å². The second kappa shape index (κ2) is 7.88. The van der Waals surface area contributed by atoms with E-state index < -0.39 is 55.0 Å². The molecule has 0 aliphatic rings. The summed E-state index contributed by atoms with van der Waals surface area (Å²) in [6.07, 6.45) is -9.04. The van der Waals surface area contributed by atoms with Crippen LogP contribution in [0.25, 0.3) is 0 Å². The number of hydrogen-bond donors (Lipinski definition) is 0. The van der Waals surface area contributed by atoms with Gasteiger partial charge in [-0.25, -0.2) is 16.8 Å². The minimum absolute atomic E-state index is 0.340. The number of benzene rings is 2. The lowest BCUT2D eigenvalue weighted by Gasteiger charge is -2.31. The van der Waals surface area contributed by atoms with Gasteiger partial charge in [0, 0.05) is 12.5 Å². The Hall–Kier alpha value is -2.08. The van der Waals surface area contributed by atoms with Gasteiger partial charge in [0.15, 0.2) is 19.7 Å². The average Bonchev–Trinajstić information content (AvgIpc) is 2.56. The maximum absolute atomic E-state index is 13.8. The normalized spacial score (nSPS) is 15.6. The molecule has 0 heterocycles. The van der Waals surface area contributed by atoms with Crippen LogP contribution < -0.4 is 0 Å². The predicted octanol–water partition coefficient (Wildman–Crippen LogP) is 4.49. The van der Waals surface area contributed by atoms with Crippen LogP contribution in [0.5, 0.6) is 0 Å². The third-order valence-electron chi connectivity index (χ3n) is 4.37. The molecule has 2 rings (SSSR count). The summed E-state index contributed by atoms with van der Waals surface area (Å²) in [7, 11) is -7.52. The van der Waals surface area contributed by atoms with Crippen LogP contribution in [0.1, 0.15) is 23.0 Å². The lowest BCUT2D eigenvalue weighted by Crippen LogP contribution is -2.35. The van der Waals surface area contributed by atoms with E-state index in [1.54, 1.807) is 0 Å². The zero-order chi connectivity index (χ0) is 23.1. The van der Waals surface area contributed by atoms with Crippen molar-refractivity contribution in [3.63, 3.8) is 0 Å². The summed E-state index contributed by atoms with van der Waals surface area (Å²) in [5, 5.41) is 0. The Labute approximate surface area is 169 Å². The Morgan fingerprint density at radius 3 is 0.967 bits per heavy atom. The van der Waals surface area contributed by atoms with Gasteiger partial charge in [-0.15, -0.1) is 0 Å². The van der Waals surface area contributed by atoms with Crippen LogP contribution in [0.3, 0.4) is 0 Å². The Morgan fingerprint density at radius 1 is 0.567 bits per heavy atom. The van der Waals surface area contributed by atoms with E-state index in [-0.39, 0.29) is 9.79 Å². The number of halogens is 6. The highest BCUT2D eigenvalue weighted by Crippen LogP contribution is 2.52. The summed E-state index contributed by atoms with van der Waals surface area (Å²) in [4.78, 5) is -0.679. The van der Waals surface area contributed by atoms with Crippen LogP contribution in [0.4, 0.5) is 26.3 Å². The molecule has 0 saturated carbocycles. The summed E-state index contributed by atoms with van der Waals surface area (Å²) in [5.41, 5.74) is -1.55. The highest BCUT2D eigenvalue weighted by atomic mass is 32.2. The van der Waals surface area contributed by atoms with Gasteiger partial charge in [0.2, 0.25) is 0 Å². The van der Waals surface area contributed by atoms with Crippen molar-refractivity contribution in [2.24, 2.45) is 0 Å². The van der Waals surface area contributed by atoms with Gasteiger partial charge in [0.05, 0.1) is 21.6 Å². The maximum Gasteiger partial charge on any atom is 0.396 e. The molecule has 0 spiro atoms. The molecule has 0 saturated heterocycles. The van der Waals surface area contributed by atoms with Crippen molar-refractivity contribution >= 4 is 19.7 Å². The van der Waals surface area contributed by atoms with Crippen LogP contribution in [0.15, 0.2) is 58.3 Å². The quantitative estimate of drug-likeness (QED) is 0.599. The summed E-state index contributed by atoms with van der Waals surface area (Å²) >= 11 is 0. The molecule has 2 atom stereocenters. The lowest BCUT2D eigenvalue weighted by atomic mass is 9.80. The minimum Gasteiger partial charge on any atom is -0.224 e. The molecule has 0 aliphatic carbocycles. The van der Waals surface area contributed by atoms with Gasteiger partial charge in [-0.3, -0.25) is 0 Å². The molecule has 166 valence electrons. The van der Waals surface area contributed by atoms with Crippen LogP contribution in [-0.2, 0) is 19.7 Å². The fourth-order valence-electron chi connectivity index (χ4n) is 2.99. The van der Waals surface area contributed by atoms with Gasteiger partial charge in [0.25, 0.3) is 0 Å². The van der Waals surface area contributed by atoms with Gasteiger partial charge in [0.1, 0.15) is 0 Å². The molecule has 0 bridgehead atoms. The Balaban J connectivity index is 2.66. The number of sulfone groups is 2. The van der Waals surface area contributed by atoms with Crippen molar-refractivity contribution in [1.29, 1.82) is 0 Å². The first kappa shape index (κ1) is 24.2. The highest BCUT2D eigenvalue weighted by molar-refractivity contribution is 7.91. The van der Waals surface area contributed by atoms with E-state index in [4.69, 9.17) is 0 Å². The first-order valence-electron chi connectivity index (χ1n) is 8.16. The number of hydrogen-bond acceptors (Lipinski definition) is 4. The molecule has 0 N–H and O–H groups in total. The summed E-state index contributed by atoms with van der Waals surface area (Å²) in [6.45, 7) is 0. The van der Waals surface area contributed by atoms with Crippen LogP contribution >= 0.6 is 0 Å². The van der Waals surface area contributed by atoms with E-state index in [9.17, 15) is 43.2 Å². The highest BCUT2D eigenvalue weighted by Gasteiger charge is 2.56. The van der Waals surface area contributed by atoms with Crippen molar-refractivity contribution in [2.75, 3.05) is 12.5 Å². The fraction of sp³-hybridized carbons (Fsp3) is 0.333. The topological polar surface area (TPSA) is 68.3 Å². The molecular formula is C18H16F6O4S2. The van der Waals surface area contributed by atoms with E-state index in [2.05, 4.69) is 0 Å². The average molecular weight is 474 g/mol. The van der Waals surface area contributed by atoms with Crippen LogP contribution in [0.2, 0.25) is 0 Å². The molecule has 2 unspecified atom stereocenters. The molecule has 0 aromatic heterocycles. The first-order chi connectivity index (χ1) is 13.4. The third kappa shape index (κ3) is 5.54. The van der Waals surface area contributed by atoms with Crippen LogP contribution in [-0.4, -0.2) is 41.7 Å². The molecule has 0 fully saturated rings. The van der Waals surface area contributed by atoms with Crippen molar-refractivity contribution in [3.8, 4) is 0 Å². The van der Waals surface area contributed by atoms with Crippen molar-refractivity contribution in [3.05, 3.63) is 59.7 Å². The van der Waals surface area contributed by atoms with Gasteiger partial charge in [-0.05, 0) is 35.4 Å². The maximum atomic E-state index is 13.8. The number of alkyl halides is 6. The van der Waals surface area contributed by atoms with Gasteiger partial charge in [-0.2, -0.15) is 26.3 Å². The monoisotopic (exact) mass is 474 g/mol. The zero-order valence-corrected chi connectivity index (χ0v) is 17.1. The molecule has 2 aromatic rings. The molecule has 4 nitrogen and oxygen atoms in total. The molecule has 30 heavy (non-hydrogen) atoms. The van der Waals surface area contributed by atoms with E-state index in [1.165, 1.54) is 0 Å². The lowest BCUT2D eigenvalue weighted by molar-refractivity contribution is -0.211. The summed E-state index contributed by atoms with van der Waals surface area (Å²) < 4.78 is 129. The smallest absolute Gasteiger partial charge is 0.224 e. The summed E-state index contributed by atoms with van der Waals surface area (Å²) in [5.74, 6) is -6.06. The second-order valence-electron chi connectivity index (χ2n) is 6.72. The Morgan fingerprint density at radius 2 is 0.800 bits per heavy atom. The first-order valence-corrected chi connectivity index (χ1v) is 11.9.